The summed E-state index contributed by atoms with van der Waals surface area (Å²) in [5.74, 6) is -1.13. The number of ether oxygens (including phenoxy) is 3. The molecule has 0 aromatic carbocycles. The zero-order valence-corrected chi connectivity index (χ0v) is 39.8. The Kier molecular flexibility index (Phi) is 46.2. The van der Waals surface area contributed by atoms with Gasteiger partial charge in [0.15, 0.2) is 6.10 Å². The van der Waals surface area contributed by atoms with E-state index < -0.39 is 12.1 Å². The first-order valence-corrected chi connectivity index (χ1v) is 24.5. The SMILES string of the molecule is CC/C=C\C/C=C\C/C=C\CC(=O)OCC(COC(=O)CCCCCCC\C=C/C=C\C=C/C=C\C=C/CCC)OC(=O)CCCCCCC\C=C/C=C\C=C/C=C\CCCCC. The number of esters is 3. The molecule has 0 aromatic heterocycles. The van der Waals surface area contributed by atoms with Gasteiger partial charge in [-0.05, 0) is 77.0 Å². The summed E-state index contributed by atoms with van der Waals surface area (Å²) in [4.78, 5) is 37.8. The van der Waals surface area contributed by atoms with E-state index in [1.165, 1.54) is 25.7 Å². The summed E-state index contributed by atoms with van der Waals surface area (Å²) in [6.45, 7) is 6.22. The molecule has 0 aliphatic rings. The molecule has 0 aliphatic carbocycles. The molecule has 0 fully saturated rings. The highest BCUT2D eigenvalue weighted by Crippen LogP contribution is 2.12. The molecule has 0 saturated carbocycles. The molecular formula is C57H86O6. The van der Waals surface area contributed by atoms with Crippen LogP contribution < -0.4 is 0 Å². The van der Waals surface area contributed by atoms with E-state index in [0.29, 0.717) is 6.42 Å². The van der Waals surface area contributed by atoms with Crippen LogP contribution in [0.5, 0.6) is 0 Å². The third-order valence-electron chi connectivity index (χ3n) is 9.53. The molecule has 63 heavy (non-hydrogen) atoms. The Labute approximate surface area is 385 Å². The quantitative estimate of drug-likeness (QED) is 0.0200. The molecule has 0 N–H and O–H groups in total. The largest absolute Gasteiger partial charge is 0.462 e. The summed E-state index contributed by atoms with van der Waals surface area (Å²) in [6, 6.07) is 0. The van der Waals surface area contributed by atoms with Gasteiger partial charge in [0.25, 0.3) is 0 Å². The summed E-state index contributed by atoms with van der Waals surface area (Å²) in [7, 11) is 0. The second-order valence-corrected chi connectivity index (χ2v) is 15.5. The number of hydrogen-bond donors (Lipinski definition) is 0. The fourth-order valence-corrected chi connectivity index (χ4v) is 5.90. The summed E-state index contributed by atoms with van der Waals surface area (Å²) in [5.41, 5.74) is 0. The van der Waals surface area contributed by atoms with Crippen molar-refractivity contribution in [2.75, 3.05) is 13.2 Å². The van der Waals surface area contributed by atoms with Gasteiger partial charge in [-0.15, -0.1) is 0 Å². The van der Waals surface area contributed by atoms with Crippen LogP contribution >= 0.6 is 0 Å². The maximum atomic E-state index is 12.8. The lowest BCUT2D eigenvalue weighted by atomic mass is 10.1. The Morgan fingerprint density at radius 3 is 1.25 bits per heavy atom. The number of allylic oxidation sites excluding steroid dienone is 23. The average molecular weight is 867 g/mol. The van der Waals surface area contributed by atoms with Crippen molar-refractivity contribution in [2.24, 2.45) is 0 Å². The van der Waals surface area contributed by atoms with Gasteiger partial charge in [-0.2, -0.15) is 0 Å². The zero-order chi connectivity index (χ0) is 45.8. The van der Waals surface area contributed by atoms with E-state index in [1.807, 2.05) is 48.6 Å². The van der Waals surface area contributed by atoms with E-state index >= 15 is 0 Å². The molecule has 0 heterocycles. The molecule has 0 bridgehead atoms. The van der Waals surface area contributed by atoms with E-state index in [-0.39, 0.29) is 38.0 Å². The molecule has 1 unspecified atom stereocenters. The minimum atomic E-state index is -0.842. The molecule has 350 valence electrons. The smallest absolute Gasteiger partial charge is 0.309 e. The average Bonchev–Trinajstić information content (AvgIpc) is 3.28. The normalized spacial score (nSPS) is 13.4. The van der Waals surface area contributed by atoms with E-state index in [0.717, 1.165) is 109 Å². The van der Waals surface area contributed by atoms with Gasteiger partial charge in [0.2, 0.25) is 0 Å². The highest BCUT2D eigenvalue weighted by molar-refractivity contribution is 5.72. The van der Waals surface area contributed by atoms with Gasteiger partial charge in [-0.3, -0.25) is 14.4 Å². The Bertz CT molecular complexity index is 1460. The van der Waals surface area contributed by atoms with Crippen molar-refractivity contribution in [1.82, 2.24) is 0 Å². The van der Waals surface area contributed by atoms with Crippen molar-refractivity contribution in [3.63, 3.8) is 0 Å². The predicted octanol–water partition coefficient (Wildman–Crippen LogP) is 16.1. The monoisotopic (exact) mass is 867 g/mol. The lowest BCUT2D eigenvalue weighted by Crippen LogP contribution is -2.30. The van der Waals surface area contributed by atoms with Crippen LogP contribution in [0.1, 0.15) is 175 Å². The van der Waals surface area contributed by atoms with E-state index in [9.17, 15) is 14.4 Å². The van der Waals surface area contributed by atoms with Gasteiger partial charge in [0.05, 0.1) is 6.42 Å². The predicted molar refractivity (Wildman–Crippen MR) is 269 cm³/mol. The summed E-state index contributed by atoms with van der Waals surface area (Å²) >= 11 is 0. The number of rotatable bonds is 41. The van der Waals surface area contributed by atoms with Crippen molar-refractivity contribution in [3.8, 4) is 0 Å². The molecule has 0 radical (unpaired) electrons. The topological polar surface area (TPSA) is 78.9 Å². The first-order valence-electron chi connectivity index (χ1n) is 24.5. The number of carbonyl (C=O) groups is 3. The van der Waals surface area contributed by atoms with Crippen LogP contribution in [-0.2, 0) is 28.6 Å². The summed E-state index contributed by atoms with van der Waals surface area (Å²) in [6.07, 6.45) is 71.4. The van der Waals surface area contributed by atoms with Crippen LogP contribution in [0, 0.1) is 0 Å². The molecule has 0 saturated heterocycles. The van der Waals surface area contributed by atoms with Gasteiger partial charge in [-0.1, -0.05) is 224 Å². The fraction of sp³-hybridized carbons (Fsp3) is 0.526. The summed E-state index contributed by atoms with van der Waals surface area (Å²) < 4.78 is 16.6. The minimum Gasteiger partial charge on any atom is -0.462 e. The maximum absolute atomic E-state index is 12.8. The van der Waals surface area contributed by atoms with Gasteiger partial charge < -0.3 is 14.2 Å². The third kappa shape index (κ3) is 48.2. The van der Waals surface area contributed by atoms with Crippen molar-refractivity contribution in [2.45, 2.75) is 181 Å². The molecule has 6 heteroatoms. The molecule has 6 nitrogen and oxygen atoms in total. The highest BCUT2D eigenvalue weighted by atomic mass is 16.6. The van der Waals surface area contributed by atoms with E-state index in [4.69, 9.17) is 14.2 Å². The number of unbranched alkanes of at least 4 members (excludes halogenated alkanes) is 14. The lowest BCUT2D eigenvalue weighted by molar-refractivity contribution is -0.166. The highest BCUT2D eigenvalue weighted by Gasteiger charge is 2.19. The third-order valence-corrected chi connectivity index (χ3v) is 9.53. The molecule has 1 atom stereocenters. The van der Waals surface area contributed by atoms with Crippen molar-refractivity contribution in [1.29, 1.82) is 0 Å². The Morgan fingerprint density at radius 2 is 0.762 bits per heavy atom. The molecule has 0 spiro atoms. The van der Waals surface area contributed by atoms with Crippen molar-refractivity contribution < 1.29 is 28.6 Å². The van der Waals surface area contributed by atoms with Crippen LogP contribution in [0.4, 0.5) is 0 Å². The van der Waals surface area contributed by atoms with Crippen LogP contribution in [-0.4, -0.2) is 37.2 Å². The molecule has 0 rings (SSSR count). The zero-order valence-electron chi connectivity index (χ0n) is 39.8. The first kappa shape index (κ1) is 58.3. The van der Waals surface area contributed by atoms with Crippen molar-refractivity contribution >= 4 is 17.9 Å². The molecule has 0 amide bonds. The van der Waals surface area contributed by atoms with Gasteiger partial charge in [0, 0.05) is 12.8 Å². The molecule has 0 aromatic rings. The van der Waals surface area contributed by atoms with Crippen molar-refractivity contribution in [3.05, 3.63) is 146 Å². The Morgan fingerprint density at radius 1 is 0.365 bits per heavy atom. The molecule has 0 aliphatic heterocycles. The fourth-order valence-electron chi connectivity index (χ4n) is 5.90. The number of carbonyl (C=O) groups excluding carboxylic acids is 3. The van der Waals surface area contributed by atoms with Crippen LogP contribution in [0.2, 0.25) is 0 Å². The van der Waals surface area contributed by atoms with Crippen LogP contribution in [0.25, 0.3) is 0 Å². The van der Waals surface area contributed by atoms with E-state index in [1.54, 1.807) is 6.08 Å². The van der Waals surface area contributed by atoms with Crippen LogP contribution in [0.3, 0.4) is 0 Å². The summed E-state index contributed by atoms with van der Waals surface area (Å²) in [5, 5.41) is 0. The standard InChI is InChI=1S/C57H86O6/c1-4-7-10-13-16-19-21-23-25-27-29-31-33-35-38-41-44-47-50-56(59)62-53-54(52-61-55(58)49-46-43-40-37-18-15-12-9-6-3)63-57(60)51-48-45-42-39-36-34-32-30-28-26-24-22-20-17-14-11-8-5-2/h9-10,12-13,16-32,37,43,46,54H,4-8,11,14-15,33-36,38-42,44-45,47-53H2,1-3H3/b12-9-,13-10-,19-16-,20-17-,23-21-,24-22-,27-25-,28-26-,31-29-,32-30-,37-18-,46-43-. The maximum Gasteiger partial charge on any atom is 0.309 e. The van der Waals surface area contributed by atoms with Gasteiger partial charge in [-0.25, -0.2) is 0 Å². The number of hydrogen-bond acceptors (Lipinski definition) is 6. The lowest BCUT2D eigenvalue weighted by Gasteiger charge is -2.18. The Hall–Kier alpha value is -4.71. The van der Waals surface area contributed by atoms with Crippen LogP contribution in [0.15, 0.2) is 146 Å². The first-order chi connectivity index (χ1) is 31.0. The van der Waals surface area contributed by atoms with Gasteiger partial charge in [0.1, 0.15) is 13.2 Å². The molecular weight excluding hydrogens is 781 g/mol. The van der Waals surface area contributed by atoms with E-state index in [2.05, 4.69) is 112 Å². The Balaban J connectivity index is 4.54. The van der Waals surface area contributed by atoms with Gasteiger partial charge >= 0.3 is 17.9 Å². The second kappa shape index (κ2) is 49.9. The second-order valence-electron chi connectivity index (χ2n) is 15.5. The minimum absolute atomic E-state index is 0.117.